The Morgan fingerprint density at radius 2 is 2.00 bits per heavy atom. The SMILES string of the molecule is COC(=O)Nc1cccc(-c2cncnc2)c1. The molecular weight excluding hydrogens is 218 g/mol. The van der Waals surface area contributed by atoms with Crippen molar-refractivity contribution in [2.45, 2.75) is 0 Å². The summed E-state index contributed by atoms with van der Waals surface area (Å²) in [6.07, 6.45) is 4.40. The first-order chi connectivity index (χ1) is 8.29. The third-order valence-electron chi connectivity index (χ3n) is 2.19. The van der Waals surface area contributed by atoms with Crippen molar-refractivity contribution in [2.75, 3.05) is 12.4 Å². The average Bonchev–Trinajstić information content (AvgIpc) is 2.40. The monoisotopic (exact) mass is 229 g/mol. The minimum absolute atomic E-state index is 0.494. The second kappa shape index (κ2) is 5.07. The number of benzene rings is 1. The van der Waals surface area contributed by atoms with Crippen molar-refractivity contribution in [3.05, 3.63) is 43.0 Å². The number of aromatic nitrogens is 2. The number of hydrogen-bond acceptors (Lipinski definition) is 4. The van der Waals surface area contributed by atoms with E-state index in [2.05, 4.69) is 20.0 Å². The highest BCUT2D eigenvalue weighted by molar-refractivity contribution is 5.85. The van der Waals surface area contributed by atoms with Gasteiger partial charge in [0.15, 0.2) is 0 Å². The van der Waals surface area contributed by atoms with E-state index in [0.717, 1.165) is 11.1 Å². The van der Waals surface area contributed by atoms with E-state index in [-0.39, 0.29) is 0 Å². The zero-order valence-electron chi connectivity index (χ0n) is 9.25. The van der Waals surface area contributed by atoms with Gasteiger partial charge < -0.3 is 4.74 Å². The molecule has 0 aliphatic heterocycles. The number of carbonyl (C=O) groups is 1. The molecule has 0 saturated carbocycles. The van der Waals surface area contributed by atoms with Gasteiger partial charge in [-0.05, 0) is 17.7 Å². The standard InChI is InChI=1S/C12H11N3O2/c1-17-12(16)15-11-4-2-3-9(5-11)10-6-13-8-14-7-10/h2-8H,1H3,(H,15,16). The first-order valence-corrected chi connectivity index (χ1v) is 5.00. The maximum Gasteiger partial charge on any atom is 0.411 e. The first kappa shape index (κ1) is 11.1. The minimum atomic E-state index is -0.494. The van der Waals surface area contributed by atoms with Crippen LogP contribution in [-0.4, -0.2) is 23.2 Å². The molecule has 0 spiro atoms. The molecular formula is C12H11N3O2. The number of nitrogens with one attached hydrogen (secondary N) is 1. The Bertz CT molecular complexity index is 514. The zero-order chi connectivity index (χ0) is 12.1. The molecule has 1 amide bonds. The lowest BCUT2D eigenvalue weighted by molar-refractivity contribution is 0.187. The smallest absolute Gasteiger partial charge is 0.411 e. The van der Waals surface area contributed by atoms with Gasteiger partial charge in [0.05, 0.1) is 7.11 Å². The second-order valence-corrected chi connectivity index (χ2v) is 3.32. The molecule has 17 heavy (non-hydrogen) atoms. The van der Waals surface area contributed by atoms with Crippen molar-refractivity contribution >= 4 is 11.8 Å². The molecule has 0 unspecified atom stereocenters. The fourth-order valence-electron chi connectivity index (χ4n) is 1.39. The predicted octanol–water partition coefficient (Wildman–Crippen LogP) is 2.32. The van der Waals surface area contributed by atoms with Gasteiger partial charge in [-0.3, -0.25) is 5.32 Å². The molecule has 0 fully saturated rings. The van der Waals surface area contributed by atoms with Crippen molar-refractivity contribution in [1.82, 2.24) is 9.97 Å². The van der Waals surface area contributed by atoms with Crippen molar-refractivity contribution in [3.63, 3.8) is 0 Å². The summed E-state index contributed by atoms with van der Waals surface area (Å²) in [4.78, 5) is 19.0. The maximum absolute atomic E-state index is 11.1. The number of hydrogen-bond donors (Lipinski definition) is 1. The second-order valence-electron chi connectivity index (χ2n) is 3.32. The lowest BCUT2D eigenvalue weighted by Gasteiger charge is -2.05. The number of rotatable bonds is 2. The van der Waals surface area contributed by atoms with Crippen molar-refractivity contribution in [2.24, 2.45) is 0 Å². The normalized spacial score (nSPS) is 9.71. The van der Waals surface area contributed by atoms with Gasteiger partial charge in [0.2, 0.25) is 0 Å². The third kappa shape index (κ3) is 2.78. The van der Waals surface area contributed by atoms with E-state index < -0.39 is 6.09 Å². The molecule has 0 aliphatic carbocycles. The number of amides is 1. The van der Waals surface area contributed by atoms with Crippen LogP contribution in [-0.2, 0) is 4.74 Å². The van der Waals surface area contributed by atoms with Crippen LogP contribution in [0, 0.1) is 0 Å². The highest BCUT2D eigenvalue weighted by Crippen LogP contribution is 2.20. The quantitative estimate of drug-likeness (QED) is 0.858. The summed E-state index contributed by atoms with van der Waals surface area (Å²) >= 11 is 0. The summed E-state index contributed by atoms with van der Waals surface area (Å²) in [6.45, 7) is 0. The summed E-state index contributed by atoms with van der Waals surface area (Å²) in [6, 6.07) is 7.37. The minimum Gasteiger partial charge on any atom is -0.453 e. The molecule has 0 atom stereocenters. The van der Waals surface area contributed by atoms with Crippen molar-refractivity contribution in [1.29, 1.82) is 0 Å². The van der Waals surface area contributed by atoms with Gasteiger partial charge in [-0.15, -0.1) is 0 Å². The molecule has 0 radical (unpaired) electrons. The number of nitrogens with zero attached hydrogens (tertiary/aromatic N) is 2. The van der Waals surface area contributed by atoms with Crippen LogP contribution in [0.1, 0.15) is 0 Å². The lowest BCUT2D eigenvalue weighted by atomic mass is 10.1. The Hall–Kier alpha value is -2.43. The Labute approximate surface area is 98.5 Å². The molecule has 1 aromatic carbocycles. The Kier molecular flexibility index (Phi) is 3.30. The lowest BCUT2D eigenvalue weighted by Crippen LogP contribution is -2.10. The van der Waals surface area contributed by atoms with Gasteiger partial charge in [0.1, 0.15) is 6.33 Å². The first-order valence-electron chi connectivity index (χ1n) is 5.00. The van der Waals surface area contributed by atoms with Crippen molar-refractivity contribution < 1.29 is 9.53 Å². The number of methoxy groups -OCH3 is 1. The fraction of sp³-hybridized carbons (Fsp3) is 0.0833. The van der Waals surface area contributed by atoms with E-state index in [1.54, 1.807) is 18.5 Å². The largest absolute Gasteiger partial charge is 0.453 e. The van der Waals surface area contributed by atoms with Crippen LogP contribution >= 0.6 is 0 Å². The number of ether oxygens (including phenoxy) is 1. The van der Waals surface area contributed by atoms with Crippen LogP contribution in [0.5, 0.6) is 0 Å². The Morgan fingerprint density at radius 3 is 2.71 bits per heavy atom. The van der Waals surface area contributed by atoms with E-state index >= 15 is 0 Å². The van der Waals surface area contributed by atoms with Crippen LogP contribution in [0.2, 0.25) is 0 Å². The van der Waals surface area contributed by atoms with E-state index in [1.165, 1.54) is 13.4 Å². The molecule has 5 nitrogen and oxygen atoms in total. The van der Waals surface area contributed by atoms with E-state index in [9.17, 15) is 4.79 Å². The van der Waals surface area contributed by atoms with Gasteiger partial charge in [-0.25, -0.2) is 14.8 Å². The van der Waals surface area contributed by atoms with Gasteiger partial charge >= 0.3 is 6.09 Å². The molecule has 1 N–H and O–H groups in total. The maximum atomic E-state index is 11.1. The molecule has 0 bridgehead atoms. The van der Waals surface area contributed by atoms with Gasteiger partial charge in [0.25, 0.3) is 0 Å². The van der Waals surface area contributed by atoms with E-state index in [0.29, 0.717) is 5.69 Å². The van der Waals surface area contributed by atoms with Gasteiger partial charge in [-0.1, -0.05) is 12.1 Å². The van der Waals surface area contributed by atoms with Crippen LogP contribution in [0.15, 0.2) is 43.0 Å². The highest BCUT2D eigenvalue weighted by atomic mass is 16.5. The molecule has 2 rings (SSSR count). The summed E-state index contributed by atoms with van der Waals surface area (Å²) in [5.41, 5.74) is 2.48. The summed E-state index contributed by atoms with van der Waals surface area (Å²) in [7, 11) is 1.32. The highest BCUT2D eigenvalue weighted by Gasteiger charge is 2.02. The van der Waals surface area contributed by atoms with E-state index in [1.807, 2.05) is 18.2 Å². The molecule has 0 aliphatic rings. The number of anilines is 1. The van der Waals surface area contributed by atoms with Crippen LogP contribution in [0.4, 0.5) is 10.5 Å². The topological polar surface area (TPSA) is 64.1 Å². The Balaban J connectivity index is 2.26. The molecule has 5 heteroatoms. The molecule has 2 aromatic rings. The van der Waals surface area contributed by atoms with Crippen LogP contribution in [0.3, 0.4) is 0 Å². The van der Waals surface area contributed by atoms with Gasteiger partial charge in [-0.2, -0.15) is 0 Å². The third-order valence-corrected chi connectivity index (χ3v) is 2.19. The van der Waals surface area contributed by atoms with Crippen molar-refractivity contribution in [3.8, 4) is 11.1 Å². The van der Waals surface area contributed by atoms with Crippen LogP contribution in [0.25, 0.3) is 11.1 Å². The predicted molar refractivity (Wildman–Crippen MR) is 63.5 cm³/mol. The van der Waals surface area contributed by atoms with Crippen LogP contribution < -0.4 is 5.32 Å². The molecule has 0 saturated heterocycles. The summed E-state index contributed by atoms with van der Waals surface area (Å²) < 4.78 is 4.52. The fourth-order valence-corrected chi connectivity index (χ4v) is 1.39. The molecule has 86 valence electrons. The van der Waals surface area contributed by atoms with E-state index in [4.69, 9.17) is 0 Å². The van der Waals surface area contributed by atoms with Gasteiger partial charge in [0, 0.05) is 23.6 Å². The molecule has 1 aromatic heterocycles. The molecule has 1 heterocycles. The average molecular weight is 229 g/mol. The summed E-state index contributed by atoms with van der Waals surface area (Å²) in [5, 5.41) is 2.60. The summed E-state index contributed by atoms with van der Waals surface area (Å²) in [5.74, 6) is 0. The zero-order valence-corrected chi connectivity index (χ0v) is 9.25. The Morgan fingerprint density at radius 1 is 1.24 bits per heavy atom. The number of carbonyl (C=O) groups excluding carboxylic acids is 1.